The third kappa shape index (κ3) is 10.2. The molecule has 0 spiro atoms. The Labute approximate surface area is 177 Å². The van der Waals surface area contributed by atoms with Crippen molar-refractivity contribution in [1.29, 1.82) is 0 Å². The molecule has 2 N–H and O–H groups in total. The van der Waals surface area contributed by atoms with Crippen molar-refractivity contribution in [2.45, 2.75) is 32.5 Å². The fraction of sp³-hybridized carbons (Fsp3) is 0.357. The van der Waals surface area contributed by atoms with E-state index in [9.17, 15) is 20.0 Å². The Bertz CT molecular complexity index is 814. The summed E-state index contributed by atoms with van der Waals surface area (Å²) >= 11 is 0. The van der Waals surface area contributed by atoms with E-state index in [1.54, 1.807) is 13.1 Å². The number of rotatable bonds is 7. The molecule has 0 bridgehead atoms. The maximum absolute atomic E-state index is 10.9. The summed E-state index contributed by atoms with van der Waals surface area (Å²) in [6.45, 7) is 15.8. The number of nitro groups is 1. The number of aliphatic carboxylic acids is 1. The normalized spacial score (nSPS) is 9.52. The standard InChI is InChI=1S/C11H15N7O4.3CO.Tc/c1-7-13-5-10(18(21)22)17(7)3-2-16-6-8(14-15-16)4-9(12)11(19)20;3*1-2;/h5-6,9H,2-4,12H2,1H3,(H,19,20);;;;/p-1/i;;;;1+1. The van der Waals surface area contributed by atoms with Crippen LogP contribution in [0.1, 0.15) is 11.5 Å². The SMILES string of the molecule is Cc1ncc([N+](=O)[O-])n1CCn1cc(CC(N)C(=O)[O-])nn1.[99Tc].[C-]#[O+].[C-]#[O+].[C-]#[O+]. The van der Waals surface area contributed by atoms with Gasteiger partial charge < -0.3 is 25.7 Å². The fourth-order valence-corrected chi connectivity index (χ4v) is 1.93. The van der Waals surface area contributed by atoms with Crippen molar-refractivity contribution in [3.8, 4) is 0 Å². The molecule has 15 heteroatoms. The number of hydrogen-bond donors (Lipinski definition) is 1. The van der Waals surface area contributed by atoms with Crippen LogP contribution in [0.4, 0.5) is 5.82 Å². The number of carbonyl (C=O) groups excluding carboxylic acids is 1. The Morgan fingerprint density at radius 1 is 1.28 bits per heavy atom. The molecule has 0 fully saturated rings. The van der Waals surface area contributed by atoms with Gasteiger partial charge in [-0.25, -0.2) is 14.2 Å². The van der Waals surface area contributed by atoms with Crippen LogP contribution in [-0.2, 0) is 58.4 Å². The average molecular weight is 491 g/mol. The first-order valence-corrected chi connectivity index (χ1v) is 7.01. The third-order valence-corrected chi connectivity index (χ3v) is 3.09. The van der Waals surface area contributed by atoms with E-state index >= 15 is 0 Å². The molecule has 1 atom stereocenters. The molecule has 2 aromatic rings. The Hall–Kier alpha value is -2.95. The van der Waals surface area contributed by atoms with Gasteiger partial charge in [-0.05, 0) is 4.92 Å². The van der Waals surface area contributed by atoms with Gasteiger partial charge in [0.2, 0.25) is 0 Å². The van der Waals surface area contributed by atoms with Crippen LogP contribution in [0.25, 0.3) is 0 Å². The molecule has 0 saturated heterocycles. The van der Waals surface area contributed by atoms with Gasteiger partial charge in [0, 0.05) is 45.7 Å². The molecule has 14 nitrogen and oxygen atoms in total. The van der Waals surface area contributed by atoms with Crippen LogP contribution >= 0.6 is 0 Å². The Morgan fingerprint density at radius 2 is 1.83 bits per heavy atom. The van der Waals surface area contributed by atoms with Gasteiger partial charge in [0.25, 0.3) is 0 Å². The second-order valence-corrected chi connectivity index (χ2v) is 4.67. The van der Waals surface area contributed by atoms with Crippen molar-refractivity contribution in [3.05, 3.63) is 54.0 Å². The maximum atomic E-state index is 10.9. The molecule has 0 aromatic carbocycles. The van der Waals surface area contributed by atoms with Crippen molar-refractivity contribution in [2.75, 3.05) is 0 Å². The first-order valence-electron chi connectivity index (χ1n) is 7.01. The molecule has 0 saturated carbocycles. The predicted octanol–water partition coefficient (Wildman–Crippen LogP) is -2.10. The first-order chi connectivity index (χ1) is 13.4. The Morgan fingerprint density at radius 3 is 2.31 bits per heavy atom. The molecular weight excluding hydrogens is 477 g/mol. The van der Waals surface area contributed by atoms with E-state index in [1.807, 2.05) is 0 Å². The zero-order valence-corrected chi connectivity index (χ0v) is 16.7. The summed E-state index contributed by atoms with van der Waals surface area (Å²) in [4.78, 5) is 24.8. The van der Waals surface area contributed by atoms with E-state index in [0.29, 0.717) is 18.1 Å². The van der Waals surface area contributed by atoms with E-state index in [2.05, 4.69) is 35.2 Å². The molecule has 0 aliphatic heterocycles. The summed E-state index contributed by atoms with van der Waals surface area (Å²) in [5, 5.41) is 29.1. The molecule has 1 radical (unpaired) electrons. The molecule has 2 rings (SSSR count). The fourth-order valence-electron chi connectivity index (χ4n) is 1.93. The molecule has 2 aromatic heterocycles. The minimum atomic E-state index is -1.36. The Balaban J connectivity index is -0.000000883. The van der Waals surface area contributed by atoms with Gasteiger partial charge in [0.15, 0.2) is 5.82 Å². The molecule has 29 heavy (non-hydrogen) atoms. The van der Waals surface area contributed by atoms with Crippen molar-refractivity contribution < 1.29 is 48.9 Å². The second-order valence-electron chi connectivity index (χ2n) is 4.67. The summed E-state index contributed by atoms with van der Waals surface area (Å²) in [7, 11) is 0. The Kier molecular flexibility index (Phi) is 18.2. The first kappa shape index (κ1) is 30.8. The van der Waals surface area contributed by atoms with Crippen molar-refractivity contribution in [1.82, 2.24) is 24.5 Å². The summed E-state index contributed by atoms with van der Waals surface area (Å²) in [5.74, 6) is -0.943. The van der Waals surface area contributed by atoms with Gasteiger partial charge in [0.05, 0.1) is 18.2 Å². The summed E-state index contributed by atoms with van der Waals surface area (Å²) in [5.41, 5.74) is 5.77. The molecule has 0 aliphatic rings. The van der Waals surface area contributed by atoms with Gasteiger partial charge in [0.1, 0.15) is 12.7 Å². The number of imidazole rings is 1. The van der Waals surface area contributed by atoms with E-state index in [0.717, 1.165) is 0 Å². The van der Waals surface area contributed by atoms with Crippen molar-refractivity contribution in [3.63, 3.8) is 0 Å². The van der Waals surface area contributed by atoms with E-state index in [1.165, 1.54) is 15.4 Å². The van der Waals surface area contributed by atoms with Crippen molar-refractivity contribution >= 4 is 11.8 Å². The summed E-state index contributed by atoms with van der Waals surface area (Å²) < 4.78 is 25.4. The molecule has 0 amide bonds. The molecular formula is C14H14N7O7Tc-. The number of carbonyl (C=O) groups is 1. The second kappa shape index (κ2) is 17.2. The molecule has 155 valence electrons. The zero-order chi connectivity index (χ0) is 22.3. The number of carboxylic acids is 1. The topological polar surface area (TPSA) is 218 Å². The van der Waals surface area contributed by atoms with Crippen LogP contribution in [-0.4, -0.2) is 41.5 Å². The zero-order valence-electron chi connectivity index (χ0n) is 14.8. The van der Waals surface area contributed by atoms with Crippen LogP contribution in [0, 0.1) is 37.0 Å². The van der Waals surface area contributed by atoms with Crippen LogP contribution in [0.15, 0.2) is 12.4 Å². The minimum absolute atomic E-state index is 0. The van der Waals surface area contributed by atoms with E-state index < -0.39 is 16.9 Å². The van der Waals surface area contributed by atoms with Gasteiger partial charge in [-0.15, -0.1) is 5.10 Å². The summed E-state index contributed by atoms with van der Waals surface area (Å²) in [6, 6.07) is -1.15. The number of hydrogen-bond acceptors (Lipinski definition) is 8. The average Bonchev–Trinajstić information content (AvgIpc) is 3.31. The van der Waals surface area contributed by atoms with Crippen LogP contribution in [0.5, 0.6) is 0 Å². The van der Waals surface area contributed by atoms with Gasteiger partial charge in [-0.2, -0.15) is 0 Å². The van der Waals surface area contributed by atoms with Gasteiger partial charge in [-0.1, -0.05) is 5.21 Å². The number of aryl methyl sites for hydroxylation is 2. The molecule has 1 unspecified atom stereocenters. The van der Waals surface area contributed by atoms with Crippen LogP contribution in [0.2, 0.25) is 0 Å². The number of aromatic nitrogens is 5. The number of carboxylic acid groups (broad SMARTS) is 1. The summed E-state index contributed by atoms with van der Waals surface area (Å²) in [6.07, 6.45) is 2.74. The van der Waals surface area contributed by atoms with Crippen LogP contribution < -0.4 is 10.8 Å². The van der Waals surface area contributed by atoms with E-state index in [4.69, 9.17) is 19.7 Å². The van der Waals surface area contributed by atoms with Crippen LogP contribution in [0.3, 0.4) is 0 Å². The molecule has 2 heterocycles. The predicted molar refractivity (Wildman–Crippen MR) is 82.1 cm³/mol. The van der Waals surface area contributed by atoms with Crippen molar-refractivity contribution in [2.24, 2.45) is 5.73 Å². The number of nitrogens with two attached hydrogens (primary N) is 1. The molecule has 0 aliphatic carbocycles. The van der Waals surface area contributed by atoms with Gasteiger partial charge in [-0.3, -0.25) is 0 Å². The number of nitrogens with zero attached hydrogens (tertiary/aromatic N) is 6. The quantitative estimate of drug-likeness (QED) is 0.195. The third-order valence-electron chi connectivity index (χ3n) is 3.09. The monoisotopic (exact) mass is 491 g/mol. The van der Waals surface area contributed by atoms with E-state index in [-0.39, 0.29) is 38.9 Å². The van der Waals surface area contributed by atoms with Gasteiger partial charge >= 0.3 is 39.7 Å².